The molecule has 0 fully saturated rings. The molecule has 2 amide bonds. The number of fused-ring (bicyclic) bond motifs is 1. The number of carbonyl (C=O) groups is 2. The van der Waals surface area contributed by atoms with Crippen LogP contribution in [-0.2, 0) is 17.8 Å². The topological polar surface area (TPSA) is 98.9 Å². The Morgan fingerprint density at radius 3 is 2.75 bits per heavy atom. The number of aromatic nitrogens is 2. The van der Waals surface area contributed by atoms with E-state index in [1.807, 2.05) is 19.1 Å². The Kier molecular flexibility index (Phi) is 5.58. The Bertz CT molecular complexity index is 772. The molecule has 0 bridgehead atoms. The first-order valence-corrected chi connectivity index (χ1v) is 7.51. The molecule has 1 aliphatic heterocycles. The van der Waals surface area contributed by atoms with E-state index in [4.69, 9.17) is 0 Å². The maximum Gasteiger partial charge on any atom is 0.276 e. The van der Waals surface area contributed by atoms with Crippen LogP contribution < -0.4 is 16.0 Å². The number of H-pyrrole nitrogens is 1. The number of nitrogens with zero attached hydrogens (tertiary/aromatic N) is 1. The Labute approximate surface area is 146 Å². The van der Waals surface area contributed by atoms with E-state index in [-0.39, 0.29) is 24.2 Å². The van der Waals surface area contributed by atoms with E-state index in [9.17, 15) is 9.59 Å². The van der Waals surface area contributed by atoms with E-state index in [1.165, 1.54) is 6.92 Å². The van der Waals surface area contributed by atoms with Crippen LogP contribution in [0.4, 0.5) is 11.4 Å². The molecular weight excluding hydrogens is 330 g/mol. The zero-order valence-electron chi connectivity index (χ0n) is 13.5. The summed E-state index contributed by atoms with van der Waals surface area (Å²) in [6.45, 7) is 4.86. The number of carbonyl (C=O) groups excluding carboxylic acids is 2. The summed E-state index contributed by atoms with van der Waals surface area (Å²) in [4.78, 5) is 23.9. The Morgan fingerprint density at radius 1 is 1.21 bits per heavy atom. The highest BCUT2D eigenvalue weighted by molar-refractivity contribution is 6.07. The first-order valence-electron chi connectivity index (χ1n) is 7.51. The van der Waals surface area contributed by atoms with Gasteiger partial charge in [-0.05, 0) is 24.6 Å². The zero-order chi connectivity index (χ0) is 16.4. The lowest BCUT2D eigenvalue weighted by Gasteiger charge is -2.14. The fourth-order valence-electron chi connectivity index (χ4n) is 2.65. The van der Waals surface area contributed by atoms with Crippen molar-refractivity contribution in [2.45, 2.75) is 26.8 Å². The Balaban J connectivity index is 0.00000208. The van der Waals surface area contributed by atoms with Gasteiger partial charge in [-0.3, -0.25) is 14.7 Å². The van der Waals surface area contributed by atoms with E-state index in [1.54, 1.807) is 6.07 Å². The molecule has 4 N–H and O–H groups in total. The zero-order valence-corrected chi connectivity index (χ0v) is 14.3. The summed E-state index contributed by atoms with van der Waals surface area (Å²) < 4.78 is 0. The summed E-state index contributed by atoms with van der Waals surface area (Å²) in [6.07, 6.45) is 0.831. The van der Waals surface area contributed by atoms with Crippen molar-refractivity contribution >= 4 is 35.6 Å². The minimum Gasteiger partial charge on any atom is -0.325 e. The maximum absolute atomic E-state index is 12.6. The van der Waals surface area contributed by atoms with Crippen molar-refractivity contribution in [3.05, 3.63) is 40.7 Å². The lowest BCUT2D eigenvalue weighted by molar-refractivity contribution is -0.114. The average Bonchev–Trinajstić information content (AvgIpc) is 2.93. The van der Waals surface area contributed by atoms with Gasteiger partial charge in [0.25, 0.3) is 5.91 Å². The molecule has 7 nitrogen and oxygen atoms in total. The van der Waals surface area contributed by atoms with Crippen LogP contribution in [-0.4, -0.2) is 28.6 Å². The first kappa shape index (κ1) is 18.0. The number of aryl methyl sites for hydroxylation is 1. The van der Waals surface area contributed by atoms with Crippen molar-refractivity contribution in [1.82, 2.24) is 15.5 Å². The summed E-state index contributed by atoms with van der Waals surface area (Å²) in [5.74, 6) is -0.478. The Morgan fingerprint density at radius 2 is 2.00 bits per heavy atom. The number of rotatable bonds is 3. The fraction of sp³-hybridized carbons (Fsp3) is 0.312. The highest BCUT2D eigenvalue weighted by Gasteiger charge is 2.22. The summed E-state index contributed by atoms with van der Waals surface area (Å²) in [5, 5.41) is 15.9. The molecule has 8 heteroatoms. The lowest BCUT2D eigenvalue weighted by Crippen LogP contribution is -2.25. The van der Waals surface area contributed by atoms with Crippen LogP contribution in [0.25, 0.3) is 0 Å². The minimum absolute atomic E-state index is 0. The molecule has 24 heavy (non-hydrogen) atoms. The molecule has 1 aromatic carbocycles. The second-order valence-electron chi connectivity index (χ2n) is 5.64. The van der Waals surface area contributed by atoms with E-state index < -0.39 is 0 Å². The highest BCUT2D eigenvalue weighted by atomic mass is 35.5. The Hall–Kier alpha value is -2.38. The number of halogens is 1. The van der Waals surface area contributed by atoms with Crippen LogP contribution in [0.2, 0.25) is 0 Å². The quantitative estimate of drug-likeness (QED) is 0.681. The molecule has 0 saturated heterocycles. The molecule has 3 rings (SSSR count). The molecular formula is C16H20ClN5O2. The second-order valence-corrected chi connectivity index (χ2v) is 5.64. The normalized spacial score (nSPS) is 12.8. The molecule has 2 heterocycles. The minimum atomic E-state index is -0.289. The van der Waals surface area contributed by atoms with E-state index in [0.717, 1.165) is 29.8 Å². The van der Waals surface area contributed by atoms with Crippen molar-refractivity contribution in [3.8, 4) is 0 Å². The van der Waals surface area contributed by atoms with Gasteiger partial charge in [-0.2, -0.15) is 5.10 Å². The van der Waals surface area contributed by atoms with Crippen molar-refractivity contribution < 1.29 is 9.59 Å². The monoisotopic (exact) mass is 349 g/mol. The van der Waals surface area contributed by atoms with Gasteiger partial charge in [-0.15, -0.1) is 12.4 Å². The van der Waals surface area contributed by atoms with E-state index >= 15 is 0 Å². The van der Waals surface area contributed by atoms with Crippen LogP contribution in [0.1, 0.15) is 34.2 Å². The summed E-state index contributed by atoms with van der Waals surface area (Å²) in [5.41, 5.74) is 4.41. The predicted octanol–water partition coefficient (Wildman–Crippen LogP) is 2.00. The number of aromatic amines is 1. The van der Waals surface area contributed by atoms with Crippen molar-refractivity contribution in [2.75, 3.05) is 17.2 Å². The van der Waals surface area contributed by atoms with Gasteiger partial charge in [0, 0.05) is 37.7 Å². The first-order chi connectivity index (χ1) is 11.0. The smallest absolute Gasteiger partial charge is 0.276 e. The molecule has 0 radical (unpaired) electrons. The molecule has 0 saturated carbocycles. The largest absolute Gasteiger partial charge is 0.325 e. The standard InChI is InChI=1S/C16H19N5O2.ClH/c1-9-3-4-13(18-10(2)22)14(7-9)19-16(23)15-11-8-17-6-5-12(11)20-21-15;/h3-4,7,17H,5-6,8H2,1-2H3,(H,18,22)(H,19,23)(H,20,21);1H. The third kappa shape index (κ3) is 3.74. The van der Waals surface area contributed by atoms with Crippen molar-refractivity contribution in [1.29, 1.82) is 0 Å². The molecule has 0 aliphatic carbocycles. The molecule has 1 aromatic heterocycles. The van der Waals surface area contributed by atoms with Gasteiger partial charge in [0.1, 0.15) is 0 Å². The van der Waals surface area contributed by atoms with Crippen molar-refractivity contribution in [2.24, 2.45) is 0 Å². The summed E-state index contributed by atoms with van der Waals surface area (Å²) >= 11 is 0. The molecule has 1 aliphatic rings. The van der Waals surface area contributed by atoms with E-state index in [0.29, 0.717) is 23.6 Å². The predicted molar refractivity (Wildman–Crippen MR) is 94.7 cm³/mol. The van der Waals surface area contributed by atoms with Crippen LogP contribution in [0.3, 0.4) is 0 Å². The summed E-state index contributed by atoms with van der Waals surface area (Å²) in [6, 6.07) is 5.47. The van der Waals surface area contributed by atoms with Crippen LogP contribution >= 0.6 is 12.4 Å². The van der Waals surface area contributed by atoms with Crippen LogP contribution in [0.5, 0.6) is 0 Å². The molecule has 0 unspecified atom stereocenters. The van der Waals surface area contributed by atoms with Gasteiger partial charge in [0.15, 0.2) is 5.69 Å². The van der Waals surface area contributed by atoms with Gasteiger partial charge in [-0.1, -0.05) is 6.07 Å². The number of amides is 2. The van der Waals surface area contributed by atoms with Gasteiger partial charge in [-0.25, -0.2) is 0 Å². The summed E-state index contributed by atoms with van der Waals surface area (Å²) in [7, 11) is 0. The maximum atomic E-state index is 12.6. The molecule has 0 atom stereocenters. The SMILES string of the molecule is CC(=O)Nc1ccc(C)cc1NC(=O)c1n[nH]c2c1CNCC2.Cl. The van der Waals surface area contributed by atoms with Gasteiger partial charge in [0.2, 0.25) is 5.91 Å². The second kappa shape index (κ2) is 7.46. The van der Waals surface area contributed by atoms with Gasteiger partial charge >= 0.3 is 0 Å². The van der Waals surface area contributed by atoms with Crippen LogP contribution in [0, 0.1) is 6.92 Å². The lowest BCUT2D eigenvalue weighted by atomic mass is 10.1. The average molecular weight is 350 g/mol. The third-order valence-corrected chi connectivity index (χ3v) is 3.76. The number of hydrogen-bond acceptors (Lipinski definition) is 4. The van der Waals surface area contributed by atoms with Crippen LogP contribution in [0.15, 0.2) is 18.2 Å². The molecule has 128 valence electrons. The van der Waals surface area contributed by atoms with E-state index in [2.05, 4.69) is 26.1 Å². The van der Waals surface area contributed by atoms with Crippen molar-refractivity contribution in [3.63, 3.8) is 0 Å². The molecule has 2 aromatic rings. The highest BCUT2D eigenvalue weighted by Crippen LogP contribution is 2.24. The number of anilines is 2. The number of nitrogens with one attached hydrogen (secondary N) is 4. The van der Waals surface area contributed by atoms with Gasteiger partial charge in [0.05, 0.1) is 11.4 Å². The fourth-order valence-corrected chi connectivity index (χ4v) is 2.65. The molecule has 0 spiro atoms. The van der Waals surface area contributed by atoms with Gasteiger partial charge < -0.3 is 16.0 Å². The third-order valence-electron chi connectivity index (χ3n) is 3.76. The number of hydrogen-bond donors (Lipinski definition) is 4. The number of benzene rings is 1.